The molecule has 0 saturated carbocycles. The summed E-state index contributed by atoms with van der Waals surface area (Å²) < 4.78 is 10.6. The Morgan fingerprint density at radius 1 is 1.00 bits per heavy atom. The topological polar surface area (TPSA) is 47.1 Å². The van der Waals surface area contributed by atoms with Crippen molar-refractivity contribution in [3.63, 3.8) is 0 Å². The number of nitrogens with zero attached hydrogens (tertiary/aromatic N) is 1. The molecule has 1 aromatic heterocycles. The zero-order valence-corrected chi connectivity index (χ0v) is 12.4. The third-order valence-electron chi connectivity index (χ3n) is 3.58. The molecule has 0 fully saturated rings. The Bertz CT molecular complexity index is 755. The molecule has 3 rings (SSSR count). The molecule has 4 nitrogen and oxygen atoms in total. The van der Waals surface area contributed by atoms with Crippen LogP contribution in [0.1, 0.15) is 12.5 Å². The van der Waals surface area contributed by atoms with Gasteiger partial charge in [0.2, 0.25) is 0 Å². The number of methoxy groups -OCH3 is 2. The van der Waals surface area contributed by atoms with Crippen molar-refractivity contribution in [3.05, 3.63) is 42.0 Å². The molecule has 1 heterocycles. The van der Waals surface area contributed by atoms with Crippen LogP contribution in [0.25, 0.3) is 22.4 Å². The average Bonchev–Trinajstić information content (AvgIpc) is 2.97. The largest absolute Gasteiger partial charge is 0.497 e. The number of fused-ring (bicyclic) bond motifs is 1. The summed E-state index contributed by atoms with van der Waals surface area (Å²) >= 11 is 0. The van der Waals surface area contributed by atoms with Gasteiger partial charge in [0.25, 0.3) is 0 Å². The molecule has 2 aromatic carbocycles. The van der Waals surface area contributed by atoms with Crippen LogP contribution in [0, 0.1) is 0 Å². The molecule has 0 aliphatic rings. The second-order valence-electron chi connectivity index (χ2n) is 4.89. The molecule has 0 atom stereocenters. The van der Waals surface area contributed by atoms with Gasteiger partial charge in [0, 0.05) is 11.6 Å². The molecule has 0 spiro atoms. The molecule has 0 radical (unpaired) electrons. The van der Waals surface area contributed by atoms with Crippen molar-refractivity contribution in [2.45, 2.75) is 13.3 Å². The van der Waals surface area contributed by atoms with Gasteiger partial charge >= 0.3 is 0 Å². The first-order chi connectivity index (χ1) is 10.2. The Balaban J connectivity index is 2.11. The lowest BCUT2D eigenvalue weighted by Crippen LogP contribution is -1.89. The summed E-state index contributed by atoms with van der Waals surface area (Å²) in [5, 5.41) is 0. The Labute approximate surface area is 123 Å². The molecular weight excluding hydrogens is 264 g/mol. The fourth-order valence-corrected chi connectivity index (χ4v) is 2.36. The third-order valence-corrected chi connectivity index (χ3v) is 3.58. The molecule has 0 unspecified atom stereocenters. The van der Waals surface area contributed by atoms with Crippen molar-refractivity contribution in [1.82, 2.24) is 9.97 Å². The zero-order chi connectivity index (χ0) is 14.8. The lowest BCUT2D eigenvalue weighted by atomic mass is 10.1. The first-order valence-corrected chi connectivity index (χ1v) is 6.95. The summed E-state index contributed by atoms with van der Waals surface area (Å²) in [7, 11) is 3.29. The van der Waals surface area contributed by atoms with Gasteiger partial charge in [-0.2, -0.15) is 0 Å². The number of aryl methyl sites for hydroxylation is 1. The molecule has 4 heteroatoms. The summed E-state index contributed by atoms with van der Waals surface area (Å²) in [6.45, 7) is 2.14. The summed E-state index contributed by atoms with van der Waals surface area (Å²) in [6.07, 6.45) is 1.01. The Morgan fingerprint density at radius 3 is 2.33 bits per heavy atom. The monoisotopic (exact) mass is 282 g/mol. The fraction of sp³-hybridized carbons (Fsp3) is 0.235. The van der Waals surface area contributed by atoms with Crippen LogP contribution >= 0.6 is 0 Å². The smallest absolute Gasteiger partial charge is 0.138 e. The molecule has 0 aliphatic carbocycles. The summed E-state index contributed by atoms with van der Waals surface area (Å²) in [5.74, 6) is 2.31. The molecule has 0 amide bonds. The molecule has 21 heavy (non-hydrogen) atoms. The summed E-state index contributed by atoms with van der Waals surface area (Å²) in [6, 6.07) is 12.0. The van der Waals surface area contributed by atoms with E-state index in [1.807, 2.05) is 24.3 Å². The molecule has 3 aromatic rings. The van der Waals surface area contributed by atoms with E-state index in [9.17, 15) is 0 Å². The minimum atomic E-state index is 0.749. The lowest BCUT2D eigenvalue weighted by Gasteiger charge is -2.06. The van der Waals surface area contributed by atoms with E-state index in [-0.39, 0.29) is 0 Å². The number of aromatic nitrogens is 2. The van der Waals surface area contributed by atoms with E-state index in [4.69, 9.17) is 9.47 Å². The highest BCUT2D eigenvalue weighted by atomic mass is 16.5. The van der Waals surface area contributed by atoms with Gasteiger partial charge in [-0.15, -0.1) is 0 Å². The Hall–Kier alpha value is -2.49. The van der Waals surface area contributed by atoms with E-state index in [0.717, 1.165) is 40.3 Å². The Kier molecular flexibility index (Phi) is 3.52. The number of imidazole rings is 1. The molecule has 0 saturated heterocycles. The van der Waals surface area contributed by atoms with Crippen LogP contribution in [0.15, 0.2) is 36.4 Å². The van der Waals surface area contributed by atoms with E-state index in [2.05, 4.69) is 29.0 Å². The highest BCUT2D eigenvalue weighted by Gasteiger charge is 2.09. The van der Waals surface area contributed by atoms with Crippen molar-refractivity contribution >= 4 is 11.0 Å². The number of H-pyrrole nitrogens is 1. The predicted molar refractivity (Wildman–Crippen MR) is 84.0 cm³/mol. The first-order valence-electron chi connectivity index (χ1n) is 6.95. The normalized spacial score (nSPS) is 10.8. The van der Waals surface area contributed by atoms with E-state index < -0.39 is 0 Å². The van der Waals surface area contributed by atoms with Crippen LogP contribution in [-0.4, -0.2) is 24.2 Å². The summed E-state index contributed by atoms with van der Waals surface area (Å²) in [5.41, 5.74) is 4.25. The first kappa shape index (κ1) is 13.5. The van der Waals surface area contributed by atoms with E-state index in [0.29, 0.717) is 0 Å². The van der Waals surface area contributed by atoms with E-state index in [1.54, 1.807) is 14.2 Å². The van der Waals surface area contributed by atoms with Crippen molar-refractivity contribution in [1.29, 1.82) is 0 Å². The minimum absolute atomic E-state index is 0.749. The fourth-order valence-electron chi connectivity index (χ4n) is 2.36. The van der Waals surface area contributed by atoms with Crippen LogP contribution in [0.5, 0.6) is 11.5 Å². The predicted octanol–water partition coefficient (Wildman–Crippen LogP) is 3.81. The van der Waals surface area contributed by atoms with Crippen molar-refractivity contribution in [2.75, 3.05) is 14.2 Å². The number of hydrogen-bond donors (Lipinski definition) is 1. The highest BCUT2D eigenvalue weighted by molar-refractivity contribution is 5.80. The van der Waals surface area contributed by atoms with Gasteiger partial charge in [0.1, 0.15) is 17.3 Å². The number of ether oxygens (including phenoxy) is 2. The van der Waals surface area contributed by atoms with Gasteiger partial charge in [-0.05, 0) is 36.2 Å². The summed E-state index contributed by atoms with van der Waals surface area (Å²) in [4.78, 5) is 8.01. The van der Waals surface area contributed by atoms with Crippen molar-refractivity contribution in [3.8, 4) is 22.9 Å². The lowest BCUT2D eigenvalue weighted by molar-refractivity contribution is 0.394. The number of nitrogens with one attached hydrogen (secondary N) is 1. The average molecular weight is 282 g/mol. The molecule has 0 aliphatic heterocycles. The number of benzene rings is 2. The van der Waals surface area contributed by atoms with Gasteiger partial charge in [-0.1, -0.05) is 13.0 Å². The maximum absolute atomic E-state index is 5.31. The van der Waals surface area contributed by atoms with Gasteiger partial charge in [0.15, 0.2) is 0 Å². The van der Waals surface area contributed by atoms with Crippen LogP contribution in [0.4, 0.5) is 0 Å². The van der Waals surface area contributed by atoms with Gasteiger partial charge in [-0.25, -0.2) is 4.98 Å². The maximum atomic E-state index is 5.31. The second kappa shape index (κ2) is 5.48. The van der Waals surface area contributed by atoms with Crippen LogP contribution < -0.4 is 9.47 Å². The van der Waals surface area contributed by atoms with Crippen LogP contribution in [0.2, 0.25) is 0 Å². The quantitative estimate of drug-likeness (QED) is 0.791. The van der Waals surface area contributed by atoms with Gasteiger partial charge in [-0.3, -0.25) is 0 Å². The van der Waals surface area contributed by atoms with E-state index in [1.165, 1.54) is 5.56 Å². The maximum Gasteiger partial charge on any atom is 0.138 e. The van der Waals surface area contributed by atoms with Crippen LogP contribution in [0.3, 0.4) is 0 Å². The third kappa shape index (κ3) is 2.57. The number of rotatable bonds is 4. The molecule has 108 valence electrons. The van der Waals surface area contributed by atoms with Gasteiger partial charge in [0.05, 0.1) is 25.3 Å². The van der Waals surface area contributed by atoms with Gasteiger partial charge < -0.3 is 14.5 Å². The standard InChI is InChI=1S/C17H18N2O2/c1-4-11-5-6-15-16(7-11)19-17(18-15)12-8-13(20-2)10-14(9-12)21-3/h5-10H,4H2,1-3H3,(H,18,19). The van der Waals surface area contributed by atoms with Crippen LogP contribution in [-0.2, 0) is 6.42 Å². The number of aromatic amines is 1. The second-order valence-corrected chi connectivity index (χ2v) is 4.89. The Morgan fingerprint density at radius 2 is 1.71 bits per heavy atom. The molecular formula is C17H18N2O2. The molecule has 1 N–H and O–H groups in total. The number of hydrogen-bond acceptors (Lipinski definition) is 3. The van der Waals surface area contributed by atoms with E-state index >= 15 is 0 Å². The SMILES string of the molecule is CCc1ccc2nc(-c3cc(OC)cc(OC)c3)[nH]c2c1. The zero-order valence-electron chi connectivity index (χ0n) is 12.4. The van der Waals surface area contributed by atoms with Crippen molar-refractivity contribution in [2.24, 2.45) is 0 Å². The highest BCUT2D eigenvalue weighted by Crippen LogP contribution is 2.29. The molecule has 0 bridgehead atoms. The van der Waals surface area contributed by atoms with Crippen molar-refractivity contribution < 1.29 is 9.47 Å². The minimum Gasteiger partial charge on any atom is -0.497 e.